The lowest BCUT2D eigenvalue weighted by Gasteiger charge is -2.28. The van der Waals surface area contributed by atoms with Gasteiger partial charge in [-0.05, 0) is 38.5 Å². The highest BCUT2D eigenvalue weighted by Crippen LogP contribution is 2.14. The summed E-state index contributed by atoms with van der Waals surface area (Å²) in [4.78, 5) is 14.1. The Bertz CT molecular complexity index is 605. The molecule has 1 aromatic heterocycles. The predicted octanol–water partition coefficient (Wildman–Crippen LogP) is 3.90. The number of aromatic nitrogens is 1. The van der Waals surface area contributed by atoms with Gasteiger partial charge in [0.2, 0.25) is 5.91 Å². The van der Waals surface area contributed by atoms with Crippen LogP contribution in [0.1, 0.15) is 32.0 Å². The molecular formula is C18H23ClN2O. The van der Waals surface area contributed by atoms with Gasteiger partial charge in [0.05, 0.1) is 6.54 Å². The molecule has 22 heavy (non-hydrogen) atoms. The van der Waals surface area contributed by atoms with E-state index in [1.807, 2.05) is 43.0 Å². The molecule has 1 atom stereocenters. The summed E-state index contributed by atoms with van der Waals surface area (Å²) in [6.45, 7) is 7.14. The first kappa shape index (κ1) is 16.6. The van der Waals surface area contributed by atoms with Crippen LogP contribution in [0.5, 0.6) is 0 Å². The van der Waals surface area contributed by atoms with Gasteiger partial charge in [-0.3, -0.25) is 4.79 Å². The Hall–Kier alpha value is -1.74. The van der Waals surface area contributed by atoms with Crippen molar-refractivity contribution in [2.75, 3.05) is 0 Å². The highest BCUT2D eigenvalue weighted by atomic mass is 35.5. The fraction of sp³-hybridized carbons (Fsp3) is 0.389. The van der Waals surface area contributed by atoms with Crippen molar-refractivity contribution >= 4 is 17.5 Å². The third-order valence-corrected chi connectivity index (χ3v) is 3.89. The lowest BCUT2D eigenvalue weighted by molar-refractivity contribution is -0.132. The van der Waals surface area contributed by atoms with Crippen molar-refractivity contribution in [1.82, 2.24) is 9.47 Å². The maximum absolute atomic E-state index is 12.3. The Balaban J connectivity index is 2.16. The van der Waals surface area contributed by atoms with Crippen LogP contribution < -0.4 is 0 Å². The quantitative estimate of drug-likeness (QED) is 0.742. The highest BCUT2D eigenvalue weighted by Gasteiger charge is 2.22. The first-order valence-corrected chi connectivity index (χ1v) is 8.05. The van der Waals surface area contributed by atoms with Crippen LogP contribution in [0.3, 0.4) is 0 Å². The third-order valence-electron chi connectivity index (χ3n) is 3.70. The van der Waals surface area contributed by atoms with Gasteiger partial charge in [0.15, 0.2) is 0 Å². The monoisotopic (exact) mass is 318 g/mol. The number of hydrogen-bond donors (Lipinski definition) is 0. The predicted molar refractivity (Wildman–Crippen MR) is 91.0 cm³/mol. The minimum Gasteiger partial charge on any atom is -0.345 e. The molecule has 118 valence electrons. The van der Waals surface area contributed by atoms with E-state index in [1.165, 1.54) is 5.56 Å². The van der Waals surface area contributed by atoms with Gasteiger partial charge in [-0.1, -0.05) is 30.3 Å². The Morgan fingerprint density at radius 3 is 2.41 bits per heavy atom. The summed E-state index contributed by atoms with van der Waals surface area (Å²) in [6.07, 6.45) is 2.05. The van der Waals surface area contributed by atoms with Crippen molar-refractivity contribution in [2.45, 2.75) is 45.3 Å². The van der Waals surface area contributed by atoms with Crippen LogP contribution in [0.25, 0.3) is 0 Å². The minimum absolute atomic E-state index is 0.0240. The maximum atomic E-state index is 12.3. The first-order chi connectivity index (χ1) is 10.5. The van der Waals surface area contributed by atoms with E-state index in [1.54, 1.807) is 6.92 Å². The Morgan fingerprint density at radius 2 is 1.82 bits per heavy atom. The molecule has 0 saturated heterocycles. The highest BCUT2D eigenvalue weighted by molar-refractivity contribution is 6.30. The molecule has 0 aliphatic carbocycles. The number of carbonyl (C=O) groups excluding carboxylic acids is 1. The largest absolute Gasteiger partial charge is 0.345 e. The second kappa shape index (κ2) is 7.50. The first-order valence-electron chi connectivity index (χ1n) is 7.61. The molecule has 1 amide bonds. The molecule has 2 aromatic rings. The third kappa shape index (κ3) is 4.14. The van der Waals surface area contributed by atoms with Crippen molar-refractivity contribution < 1.29 is 4.79 Å². The fourth-order valence-corrected chi connectivity index (χ4v) is 2.57. The number of halogens is 1. The van der Waals surface area contributed by atoms with Gasteiger partial charge < -0.3 is 9.47 Å². The van der Waals surface area contributed by atoms with Crippen LogP contribution in [0.2, 0.25) is 0 Å². The molecule has 0 spiro atoms. The van der Waals surface area contributed by atoms with Gasteiger partial charge in [0.25, 0.3) is 0 Å². The van der Waals surface area contributed by atoms with Crippen LogP contribution in [0.15, 0.2) is 48.7 Å². The van der Waals surface area contributed by atoms with E-state index in [9.17, 15) is 4.79 Å². The average molecular weight is 319 g/mol. The number of benzene rings is 1. The number of nitrogens with zero attached hydrogens (tertiary/aromatic N) is 2. The maximum Gasteiger partial charge on any atom is 0.240 e. The molecule has 1 heterocycles. The molecule has 0 saturated carbocycles. The van der Waals surface area contributed by atoms with E-state index in [2.05, 4.69) is 29.0 Å². The standard InChI is InChI=1S/C18H23ClN2O/c1-14(2)21(18(22)15(3)19)13-17-10-7-11-20(17)12-16-8-5-4-6-9-16/h4-11,14-15H,12-13H2,1-3H3/t15-/m1/s1. The smallest absolute Gasteiger partial charge is 0.240 e. The van der Waals surface area contributed by atoms with Crippen LogP contribution >= 0.6 is 11.6 Å². The van der Waals surface area contributed by atoms with E-state index in [-0.39, 0.29) is 11.9 Å². The fourth-order valence-electron chi connectivity index (χ4n) is 2.45. The van der Waals surface area contributed by atoms with Gasteiger partial charge >= 0.3 is 0 Å². The summed E-state index contributed by atoms with van der Waals surface area (Å²) in [6, 6.07) is 14.5. The van der Waals surface area contributed by atoms with Crippen LogP contribution in [0, 0.1) is 0 Å². The molecule has 0 bridgehead atoms. The number of alkyl halides is 1. The molecule has 3 nitrogen and oxygen atoms in total. The van der Waals surface area contributed by atoms with Crippen LogP contribution in [0.4, 0.5) is 0 Å². The molecule has 0 aliphatic heterocycles. The molecule has 1 aromatic carbocycles. The van der Waals surface area contributed by atoms with Gasteiger partial charge in [-0.25, -0.2) is 0 Å². The zero-order valence-electron chi connectivity index (χ0n) is 13.4. The van der Waals surface area contributed by atoms with Gasteiger partial charge in [-0.15, -0.1) is 11.6 Å². The van der Waals surface area contributed by atoms with E-state index >= 15 is 0 Å². The van der Waals surface area contributed by atoms with Gasteiger partial charge in [0.1, 0.15) is 5.38 Å². The number of amides is 1. The van der Waals surface area contributed by atoms with Crippen molar-refractivity contribution in [3.63, 3.8) is 0 Å². The summed E-state index contributed by atoms with van der Waals surface area (Å²) in [5.74, 6) is -0.0240. The van der Waals surface area contributed by atoms with E-state index in [0.717, 1.165) is 12.2 Å². The second-order valence-corrected chi connectivity index (χ2v) is 6.44. The van der Waals surface area contributed by atoms with E-state index in [4.69, 9.17) is 11.6 Å². The molecule has 0 N–H and O–H groups in total. The summed E-state index contributed by atoms with van der Waals surface area (Å²) in [5.41, 5.74) is 2.36. The zero-order valence-corrected chi connectivity index (χ0v) is 14.1. The molecular weight excluding hydrogens is 296 g/mol. The topological polar surface area (TPSA) is 25.2 Å². The second-order valence-electron chi connectivity index (χ2n) is 5.79. The average Bonchev–Trinajstić information content (AvgIpc) is 2.91. The number of hydrogen-bond acceptors (Lipinski definition) is 1. The molecule has 4 heteroatoms. The number of rotatable bonds is 6. The zero-order chi connectivity index (χ0) is 16.1. The Labute approximate surface area is 137 Å². The van der Waals surface area contributed by atoms with Gasteiger partial charge in [0, 0.05) is 24.5 Å². The summed E-state index contributed by atoms with van der Waals surface area (Å²) in [7, 11) is 0. The Morgan fingerprint density at radius 1 is 1.14 bits per heavy atom. The van der Waals surface area contributed by atoms with Crippen molar-refractivity contribution in [2.24, 2.45) is 0 Å². The SMILES string of the molecule is CC(C)N(Cc1cccn1Cc1ccccc1)C(=O)[C@@H](C)Cl. The van der Waals surface area contributed by atoms with Crippen molar-refractivity contribution in [3.05, 3.63) is 59.9 Å². The lowest BCUT2D eigenvalue weighted by Crippen LogP contribution is -2.40. The van der Waals surface area contributed by atoms with E-state index in [0.29, 0.717) is 6.54 Å². The minimum atomic E-state index is -0.500. The molecule has 0 aliphatic rings. The van der Waals surface area contributed by atoms with Crippen LogP contribution in [-0.2, 0) is 17.9 Å². The van der Waals surface area contributed by atoms with Gasteiger partial charge in [-0.2, -0.15) is 0 Å². The molecule has 0 fully saturated rings. The van der Waals surface area contributed by atoms with Crippen molar-refractivity contribution in [1.29, 1.82) is 0 Å². The summed E-state index contributed by atoms with van der Waals surface area (Å²) in [5, 5.41) is -0.500. The van der Waals surface area contributed by atoms with E-state index < -0.39 is 5.38 Å². The normalized spacial score (nSPS) is 12.4. The summed E-state index contributed by atoms with van der Waals surface area (Å²) < 4.78 is 2.18. The number of carbonyl (C=O) groups is 1. The lowest BCUT2D eigenvalue weighted by atomic mass is 10.2. The summed E-state index contributed by atoms with van der Waals surface area (Å²) >= 11 is 5.98. The van der Waals surface area contributed by atoms with Crippen molar-refractivity contribution in [3.8, 4) is 0 Å². The van der Waals surface area contributed by atoms with Crippen LogP contribution in [-0.4, -0.2) is 26.8 Å². The Kier molecular flexibility index (Phi) is 5.67. The molecule has 2 rings (SSSR count). The molecule has 0 unspecified atom stereocenters. The molecule has 0 radical (unpaired) electrons.